The molecule has 3 rings (SSSR count). The fraction of sp³-hybridized carbons (Fsp3) is 0.150. The minimum atomic E-state index is -0.646. The topological polar surface area (TPSA) is 72.7 Å². The van der Waals surface area contributed by atoms with Gasteiger partial charge in [-0.05, 0) is 43.7 Å². The molecule has 0 saturated carbocycles. The second kappa shape index (κ2) is 8.05. The minimum Gasteiger partial charge on any atom is -0.452 e. The molecule has 0 atom stereocenters. The van der Waals surface area contributed by atoms with Crippen LogP contribution >= 0.6 is 11.6 Å². The summed E-state index contributed by atoms with van der Waals surface area (Å²) in [6.07, 6.45) is 4.51. The van der Waals surface area contributed by atoms with Crippen LogP contribution in [0.15, 0.2) is 48.7 Å². The number of aryl methyl sites for hydroxylation is 2. The van der Waals surface area contributed by atoms with Gasteiger partial charge in [0.05, 0.1) is 5.69 Å². The zero-order chi connectivity index (χ0) is 19.4. The van der Waals surface area contributed by atoms with Crippen LogP contribution in [0.4, 0.5) is 5.69 Å². The van der Waals surface area contributed by atoms with Gasteiger partial charge in [-0.15, -0.1) is 0 Å². The molecule has 0 spiro atoms. The van der Waals surface area contributed by atoms with Crippen molar-refractivity contribution in [3.8, 4) is 0 Å². The lowest BCUT2D eigenvalue weighted by molar-refractivity contribution is -0.142. The highest BCUT2D eigenvalue weighted by molar-refractivity contribution is 6.31. The molecule has 6 nitrogen and oxygen atoms in total. The molecule has 0 aliphatic heterocycles. The van der Waals surface area contributed by atoms with Gasteiger partial charge in [0.15, 0.2) is 11.8 Å². The van der Waals surface area contributed by atoms with E-state index in [2.05, 4.69) is 10.3 Å². The first kappa shape index (κ1) is 18.7. The number of carbonyl (C=O) groups is 2. The Labute approximate surface area is 161 Å². The van der Waals surface area contributed by atoms with E-state index in [1.807, 2.05) is 44.2 Å². The normalized spacial score (nSPS) is 11.1. The van der Waals surface area contributed by atoms with Gasteiger partial charge in [-0.25, -0.2) is 9.78 Å². The molecular weight excluding hydrogens is 366 g/mol. The van der Waals surface area contributed by atoms with E-state index in [-0.39, 0.29) is 11.8 Å². The van der Waals surface area contributed by atoms with Crippen molar-refractivity contribution in [2.24, 2.45) is 0 Å². The molecule has 1 amide bonds. The van der Waals surface area contributed by atoms with E-state index in [9.17, 15) is 9.59 Å². The Balaban J connectivity index is 1.58. The third-order valence-corrected chi connectivity index (χ3v) is 4.18. The van der Waals surface area contributed by atoms with Crippen LogP contribution in [0.5, 0.6) is 0 Å². The molecule has 0 bridgehead atoms. The van der Waals surface area contributed by atoms with E-state index in [0.717, 1.165) is 11.1 Å². The van der Waals surface area contributed by atoms with Crippen LogP contribution in [0, 0.1) is 13.8 Å². The Kier molecular flexibility index (Phi) is 5.57. The number of benzene rings is 1. The molecule has 3 aromatic rings. The number of carbonyl (C=O) groups excluding carboxylic acids is 2. The third-order valence-electron chi connectivity index (χ3n) is 3.90. The average molecular weight is 384 g/mol. The molecule has 2 aromatic heterocycles. The van der Waals surface area contributed by atoms with Gasteiger partial charge in [-0.2, -0.15) is 0 Å². The molecule has 0 radical (unpaired) electrons. The minimum absolute atomic E-state index is 0.276. The SMILES string of the molecule is Cc1ccc(NC(=O)COC(=O)/C=C/c2c(Cl)nc3ccccn23)c(C)c1. The van der Waals surface area contributed by atoms with E-state index in [0.29, 0.717) is 17.0 Å². The van der Waals surface area contributed by atoms with E-state index in [1.54, 1.807) is 16.7 Å². The van der Waals surface area contributed by atoms with Crippen LogP contribution < -0.4 is 5.32 Å². The van der Waals surface area contributed by atoms with Gasteiger partial charge in [0.2, 0.25) is 0 Å². The summed E-state index contributed by atoms with van der Waals surface area (Å²) in [7, 11) is 0. The van der Waals surface area contributed by atoms with Crippen molar-refractivity contribution < 1.29 is 14.3 Å². The number of fused-ring (bicyclic) bond motifs is 1. The number of pyridine rings is 1. The van der Waals surface area contributed by atoms with Gasteiger partial charge in [0.25, 0.3) is 5.91 Å². The zero-order valence-corrected chi connectivity index (χ0v) is 15.7. The van der Waals surface area contributed by atoms with Crippen LogP contribution in [0.3, 0.4) is 0 Å². The van der Waals surface area contributed by atoms with Crippen molar-refractivity contribution >= 4 is 40.9 Å². The summed E-state index contributed by atoms with van der Waals surface area (Å²) < 4.78 is 6.73. The van der Waals surface area contributed by atoms with Crippen molar-refractivity contribution in [1.29, 1.82) is 0 Å². The van der Waals surface area contributed by atoms with E-state index >= 15 is 0 Å². The number of aromatic nitrogens is 2. The number of nitrogens with zero attached hydrogens (tertiary/aromatic N) is 2. The largest absolute Gasteiger partial charge is 0.452 e. The standard InChI is InChI=1S/C20H18ClN3O3/c1-13-6-7-15(14(2)11-13)22-18(25)12-27-19(26)9-8-16-20(21)23-17-5-3-4-10-24(16)17/h3-11H,12H2,1-2H3,(H,22,25)/b9-8+. The van der Waals surface area contributed by atoms with Crippen LogP contribution in [-0.4, -0.2) is 27.9 Å². The Morgan fingerprint density at radius 2 is 2.07 bits per heavy atom. The number of halogens is 1. The van der Waals surface area contributed by atoms with Crippen molar-refractivity contribution in [3.05, 3.63) is 70.6 Å². The van der Waals surface area contributed by atoms with Crippen LogP contribution in [0.2, 0.25) is 5.15 Å². The summed E-state index contributed by atoms with van der Waals surface area (Å²) >= 11 is 6.10. The smallest absolute Gasteiger partial charge is 0.331 e. The van der Waals surface area contributed by atoms with Crippen LogP contribution in [0.1, 0.15) is 16.8 Å². The predicted octanol–water partition coefficient (Wildman–Crippen LogP) is 3.80. The number of esters is 1. The molecule has 138 valence electrons. The van der Waals surface area contributed by atoms with Crippen LogP contribution in [-0.2, 0) is 14.3 Å². The first-order valence-corrected chi connectivity index (χ1v) is 8.66. The highest BCUT2D eigenvalue weighted by Crippen LogP contribution is 2.19. The lowest BCUT2D eigenvalue weighted by Gasteiger charge is -2.09. The quantitative estimate of drug-likeness (QED) is 0.537. The predicted molar refractivity (Wildman–Crippen MR) is 105 cm³/mol. The maximum Gasteiger partial charge on any atom is 0.331 e. The van der Waals surface area contributed by atoms with E-state index in [1.165, 1.54) is 12.2 Å². The van der Waals surface area contributed by atoms with Crippen LogP contribution in [0.25, 0.3) is 11.7 Å². The molecule has 0 saturated heterocycles. The van der Waals surface area contributed by atoms with Crippen molar-refractivity contribution in [2.75, 3.05) is 11.9 Å². The van der Waals surface area contributed by atoms with E-state index < -0.39 is 11.9 Å². The lowest BCUT2D eigenvalue weighted by Crippen LogP contribution is -2.20. The molecule has 0 unspecified atom stereocenters. The second-order valence-corrected chi connectivity index (χ2v) is 6.38. The fourth-order valence-electron chi connectivity index (χ4n) is 2.61. The Morgan fingerprint density at radius 3 is 2.85 bits per heavy atom. The monoisotopic (exact) mass is 383 g/mol. The first-order chi connectivity index (χ1) is 12.9. The van der Waals surface area contributed by atoms with Crippen molar-refractivity contribution in [1.82, 2.24) is 9.38 Å². The third kappa shape index (κ3) is 4.54. The number of anilines is 1. The highest BCUT2D eigenvalue weighted by atomic mass is 35.5. The first-order valence-electron chi connectivity index (χ1n) is 8.28. The molecule has 1 aromatic carbocycles. The number of imidazole rings is 1. The van der Waals surface area contributed by atoms with Gasteiger partial charge in [-0.1, -0.05) is 35.4 Å². The molecule has 27 heavy (non-hydrogen) atoms. The maximum atomic E-state index is 12.0. The Bertz CT molecular complexity index is 1040. The molecule has 0 aliphatic rings. The Hall–Kier alpha value is -3.12. The number of amides is 1. The molecular formula is C20H18ClN3O3. The van der Waals surface area contributed by atoms with Gasteiger partial charge in [-0.3, -0.25) is 9.20 Å². The van der Waals surface area contributed by atoms with Gasteiger partial charge in [0, 0.05) is 18.0 Å². The summed E-state index contributed by atoms with van der Waals surface area (Å²) in [5, 5.41) is 3.00. The Morgan fingerprint density at radius 1 is 1.26 bits per heavy atom. The number of hydrogen-bond acceptors (Lipinski definition) is 4. The molecule has 1 N–H and O–H groups in total. The van der Waals surface area contributed by atoms with Gasteiger partial charge >= 0.3 is 5.97 Å². The highest BCUT2D eigenvalue weighted by Gasteiger charge is 2.10. The summed E-state index contributed by atoms with van der Waals surface area (Å²) in [6.45, 7) is 3.50. The summed E-state index contributed by atoms with van der Waals surface area (Å²) in [5.41, 5.74) is 3.96. The number of ether oxygens (including phenoxy) is 1. The molecule has 2 heterocycles. The summed E-state index contributed by atoms with van der Waals surface area (Å²) in [6, 6.07) is 11.2. The molecule has 0 aliphatic carbocycles. The summed E-state index contributed by atoms with van der Waals surface area (Å²) in [4.78, 5) is 28.0. The maximum absolute atomic E-state index is 12.0. The summed E-state index contributed by atoms with van der Waals surface area (Å²) in [5.74, 6) is -1.05. The fourth-order valence-corrected chi connectivity index (χ4v) is 2.85. The lowest BCUT2D eigenvalue weighted by atomic mass is 10.1. The number of hydrogen-bond donors (Lipinski definition) is 1. The number of rotatable bonds is 5. The van der Waals surface area contributed by atoms with E-state index in [4.69, 9.17) is 16.3 Å². The van der Waals surface area contributed by atoms with Gasteiger partial charge in [0.1, 0.15) is 5.65 Å². The van der Waals surface area contributed by atoms with Crippen molar-refractivity contribution in [2.45, 2.75) is 13.8 Å². The van der Waals surface area contributed by atoms with Crippen molar-refractivity contribution in [3.63, 3.8) is 0 Å². The second-order valence-electron chi connectivity index (χ2n) is 6.02. The average Bonchev–Trinajstić information content (AvgIpc) is 2.95. The number of nitrogens with one attached hydrogen (secondary N) is 1. The van der Waals surface area contributed by atoms with Gasteiger partial charge < -0.3 is 10.1 Å². The molecule has 0 fully saturated rings. The zero-order valence-electron chi connectivity index (χ0n) is 14.9. The molecule has 7 heteroatoms.